The molecule has 1 aromatic rings. The second-order valence-corrected chi connectivity index (χ2v) is 5.01. The van der Waals surface area contributed by atoms with E-state index in [1.165, 1.54) is 18.7 Å². The van der Waals surface area contributed by atoms with E-state index in [2.05, 4.69) is 36.9 Å². The number of benzene rings is 1. The zero-order chi connectivity index (χ0) is 11.5. The van der Waals surface area contributed by atoms with Crippen molar-refractivity contribution in [3.8, 4) is 6.07 Å². The summed E-state index contributed by atoms with van der Waals surface area (Å²) in [5.74, 6) is 1.68. The fourth-order valence-electron chi connectivity index (χ4n) is 2.10. The molecule has 0 unspecified atom stereocenters. The van der Waals surface area contributed by atoms with Crippen LogP contribution in [-0.2, 0) is 6.54 Å². The summed E-state index contributed by atoms with van der Waals surface area (Å²) in [7, 11) is 0. The van der Waals surface area contributed by atoms with Gasteiger partial charge < -0.3 is 0 Å². The van der Waals surface area contributed by atoms with Gasteiger partial charge in [0.05, 0.1) is 11.6 Å². The van der Waals surface area contributed by atoms with Gasteiger partial charge in [0.25, 0.3) is 0 Å². The molecule has 2 rings (SSSR count). The molecule has 1 aliphatic rings. The number of nitriles is 1. The van der Waals surface area contributed by atoms with Crippen LogP contribution in [-0.4, -0.2) is 18.0 Å². The van der Waals surface area contributed by atoms with Gasteiger partial charge in [-0.25, -0.2) is 0 Å². The minimum absolute atomic E-state index is 0.743. The highest BCUT2D eigenvalue weighted by Gasteiger charge is 2.28. The average molecular weight is 214 g/mol. The molecule has 0 atom stereocenters. The van der Waals surface area contributed by atoms with Gasteiger partial charge in [0.1, 0.15) is 0 Å². The minimum atomic E-state index is 0.743. The lowest BCUT2D eigenvalue weighted by Crippen LogP contribution is -2.48. The van der Waals surface area contributed by atoms with Gasteiger partial charge >= 0.3 is 0 Å². The first-order valence-electron chi connectivity index (χ1n) is 5.90. The third kappa shape index (κ3) is 2.43. The molecule has 16 heavy (non-hydrogen) atoms. The summed E-state index contributed by atoms with van der Waals surface area (Å²) in [6.45, 7) is 8.05. The smallest absolute Gasteiger partial charge is 0.0991 e. The van der Waals surface area contributed by atoms with Gasteiger partial charge in [0, 0.05) is 19.6 Å². The van der Waals surface area contributed by atoms with Gasteiger partial charge in [-0.1, -0.05) is 26.0 Å². The second-order valence-electron chi connectivity index (χ2n) is 5.01. The normalized spacial score (nSPS) is 17.1. The zero-order valence-corrected chi connectivity index (χ0v) is 9.98. The Hall–Kier alpha value is -1.33. The molecular formula is C14H18N2. The highest BCUT2D eigenvalue weighted by molar-refractivity contribution is 5.31. The Morgan fingerprint density at radius 1 is 1.31 bits per heavy atom. The van der Waals surface area contributed by atoms with Crippen LogP contribution < -0.4 is 0 Å². The van der Waals surface area contributed by atoms with Crippen molar-refractivity contribution in [1.82, 2.24) is 4.90 Å². The molecule has 2 nitrogen and oxygen atoms in total. The van der Waals surface area contributed by atoms with Gasteiger partial charge in [-0.15, -0.1) is 0 Å². The number of nitrogens with zero attached hydrogens (tertiary/aromatic N) is 2. The zero-order valence-electron chi connectivity index (χ0n) is 9.98. The molecule has 84 valence electrons. The summed E-state index contributed by atoms with van der Waals surface area (Å²) in [6.07, 6.45) is 0. The highest BCUT2D eigenvalue weighted by atomic mass is 15.2. The van der Waals surface area contributed by atoms with Crippen LogP contribution in [0.1, 0.15) is 25.0 Å². The molecule has 1 aliphatic heterocycles. The van der Waals surface area contributed by atoms with Crippen molar-refractivity contribution in [1.29, 1.82) is 5.26 Å². The van der Waals surface area contributed by atoms with E-state index in [1.54, 1.807) is 0 Å². The quantitative estimate of drug-likeness (QED) is 0.773. The summed E-state index contributed by atoms with van der Waals surface area (Å²) < 4.78 is 0. The van der Waals surface area contributed by atoms with Gasteiger partial charge in [-0.2, -0.15) is 5.26 Å². The molecule has 1 aromatic carbocycles. The van der Waals surface area contributed by atoms with Crippen LogP contribution in [0.4, 0.5) is 0 Å². The Labute approximate surface area is 97.5 Å². The van der Waals surface area contributed by atoms with Crippen LogP contribution >= 0.6 is 0 Å². The maximum atomic E-state index is 8.70. The van der Waals surface area contributed by atoms with Crippen molar-refractivity contribution < 1.29 is 0 Å². The lowest BCUT2D eigenvalue weighted by molar-refractivity contribution is 0.0614. The summed E-state index contributed by atoms with van der Waals surface area (Å²) in [4.78, 5) is 2.46. The first kappa shape index (κ1) is 11.2. The van der Waals surface area contributed by atoms with Crippen molar-refractivity contribution in [2.75, 3.05) is 13.1 Å². The molecular weight excluding hydrogens is 196 g/mol. The number of hydrogen-bond donors (Lipinski definition) is 0. The Morgan fingerprint density at radius 2 is 1.94 bits per heavy atom. The minimum Gasteiger partial charge on any atom is -0.298 e. The first-order chi connectivity index (χ1) is 7.69. The molecule has 0 saturated carbocycles. The van der Waals surface area contributed by atoms with E-state index in [1.807, 2.05) is 12.1 Å². The lowest BCUT2D eigenvalue weighted by Gasteiger charge is -2.41. The van der Waals surface area contributed by atoms with Crippen molar-refractivity contribution in [2.45, 2.75) is 20.4 Å². The second kappa shape index (κ2) is 4.67. The van der Waals surface area contributed by atoms with E-state index in [0.717, 1.165) is 23.9 Å². The van der Waals surface area contributed by atoms with Crippen LogP contribution in [0, 0.1) is 23.2 Å². The molecule has 0 spiro atoms. The number of likely N-dealkylation sites (tertiary alicyclic amines) is 1. The predicted octanol–water partition coefficient (Wildman–Crippen LogP) is 2.65. The van der Waals surface area contributed by atoms with E-state index in [0.29, 0.717) is 0 Å². The Balaban J connectivity index is 1.85. The average Bonchev–Trinajstić information content (AvgIpc) is 2.23. The lowest BCUT2D eigenvalue weighted by atomic mass is 9.88. The summed E-state index contributed by atoms with van der Waals surface area (Å²) >= 11 is 0. The maximum absolute atomic E-state index is 8.70. The first-order valence-corrected chi connectivity index (χ1v) is 5.90. The number of rotatable bonds is 3. The van der Waals surface area contributed by atoms with E-state index in [4.69, 9.17) is 5.26 Å². The van der Waals surface area contributed by atoms with Crippen LogP contribution in [0.5, 0.6) is 0 Å². The van der Waals surface area contributed by atoms with Crippen LogP contribution in [0.25, 0.3) is 0 Å². The van der Waals surface area contributed by atoms with Gasteiger partial charge in [0.15, 0.2) is 0 Å². The largest absolute Gasteiger partial charge is 0.298 e. The van der Waals surface area contributed by atoms with Crippen molar-refractivity contribution >= 4 is 0 Å². The standard InChI is InChI=1S/C14H18N2/c1-11(2)14-9-16(10-14)8-13-5-3-12(7-15)4-6-13/h3-6,11,14H,8-10H2,1-2H3. The maximum Gasteiger partial charge on any atom is 0.0991 e. The molecule has 2 heteroatoms. The van der Waals surface area contributed by atoms with E-state index in [-0.39, 0.29) is 0 Å². The summed E-state index contributed by atoms with van der Waals surface area (Å²) in [5, 5.41) is 8.70. The predicted molar refractivity (Wildman–Crippen MR) is 64.8 cm³/mol. The molecule has 0 bridgehead atoms. The summed E-state index contributed by atoms with van der Waals surface area (Å²) in [6, 6.07) is 10.1. The highest BCUT2D eigenvalue weighted by Crippen LogP contribution is 2.24. The third-order valence-electron chi connectivity index (χ3n) is 3.42. The SMILES string of the molecule is CC(C)C1CN(Cc2ccc(C#N)cc2)C1. The fourth-order valence-corrected chi connectivity index (χ4v) is 2.10. The van der Waals surface area contributed by atoms with Crippen LogP contribution in [0.2, 0.25) is 0 Å². The topological polar surface area (TPSA) is 27.0 Å². The van der Waals surface area contributed by atoms with Gasteiger partial charge in [0.2, 0.25) is 0 Å². The van der Waals surface area contributed by atoms with E-state index < -0.39 is 0 Å². The van der Waals surface area contributed by atoms with Gasteiger partial charge in [-0.3, -0.25) is 4.90 Å². The molecule has 0 N–H and O–H groups in total. The fraction of sp³-hybridized carbons (Fsp3) is 0.500. The molecule has 0 aliphatic carbocycles. The van der Waals surface area contributed by atoms with E-state index >= 15 is 0 Å². The van der Waals surface area contributed by atoms with Crippen molar-refractivity contribution in [3.63, 3.8) is 0 Å². The van der Waals surface area contributed by atoms with Crippen LogP contribution in [0.15, 0.2) is 24.3 Å². The molecule has 0 aromatic heterocycles. The third-order valence-corrected chi connectivity index (χ3v) is 3.42. The van der Waals surface area contributed by atoms with Crippen LogP contribution in [0.3, 0.4) is 0 Å². The van der Waals surface area contributed by atoms with Crippen molar-refractivity contribution in [2.24, 2.45) is 11.8 Å². The molecule has 1 heterocycles. The number of hydrogen-bond acceptors (Lipinski definition) is 2. The Bertz CT molecular complexity index is 380. The monoisotopic (exact) mass is 214 g/mol. The van der Waals surface area contributed by atoms with E-state index in [9.17, 15) is 0 Å². The molecule has 0 radical (unpaired) electrons. The summed E-state index contributed by atoms with van der Waals surface area (Å²) in [5.41, 5.74) is 2.05. The van der Waals surface area contributed by atoms with Crippen molar-refractivity contribution in [3.05, 3.63) is 35.4 Å². The van der Waals surface area contributed by atoms with Gasteiger partial charge in [-0.05, 0) is 29.5 Å². The Morgan fingerprint density at radius 3 is 2.44 bits per heavy atom. The Kier molecular flexibility index (Phi) is 3.26. The molecule has 1 saturated heterocycles. The molecule has 0 amide bonds. The molecule has 1 fully saturated rings.